The molecule has 0 radical (unpaired) electrons. The molecule has 0 saturated carbocycles. The maximum absolute atomic E-state index is 13.8. The maximum atomic E-state index is 13.8. The van der Waals surface area contributed by atoms with Gasteiger partial charge >= 0.3 is 0 Å². The van der Waals surface area contributed by atoms with E-state index in [1.165, 1.54) is 12.1 Å². The Kier molecular flexibility index (Phi) is 4.49. The van der Waals surface area contributed by atoms with Gasteiger partial charge in [-0.15, -0.1) is 0 Å². The standard InChI is InChI=1S/C13H19FN2O/c1-4-5-9(3)16-13(17)11-7-10(15)6-8(2)12(11)14/h6-7,9H,4-5,15H2,1-3H3,(H,16,17). The van der Waals surface area contributed by atoms with Gasteiger partial charge in [0, 0.05) is 11.7 Å². The van der Waals surface area contributed by atoms with Gasteiger partial charge in [0.15, 0.2) is 0 Å². The van der Waals surface area contributed by atoms with Crippen LogP contribution in [0.25, 0.3) is 0 Å². The number of aryl methyl sites for hydroxylation is 1. The average molecular weight is 238 g/mol. The number of carbonyl (C=O) groups is 1. The second-order valence-corrected chi connectivity index (χ2v) is 4.36. The molecule has 0 heterocycles. The Balaban J connectivity index is 2.89. The molecular formula is C13H19FN2O. The van der Waals surface area contributed by atoms with Crippen LogP contribution >= 0.6 is 0 Å². The van der Waals surface area contributed by atoms with Gasteiger partial charge in [0.1, 0.15) is 5.82 Å². The Labute approximate surface area is 101 Å². The highest BCUT2D eigenvalue weighted by Gasteiger charge is 2.16. The predicted octanol–water partition coefficient (Wildman–Crippen LogP) is 2.63. The monoisotopic (exact) mass is 238 g/mol. The van der Waals surface area contributed by atoms with Crippen LogP contribution in [0.15, 0.2) is 12.1 Å². The van der Waals surface area contributed by atoms with Crippen LogP contribution in [0.4, 0.5) is 10.1 Å². The van der Waals surface area contributed by atoms with Crippen molar-refractivity contribution in [3.05, 3.63) is 29.1 Å². The van der Waals surface area contributed by atoms with Crippen LogP contribution in [0.2, 0.25) is 0 Å². The fraction of sp³-hybridized carbons (Fsp3) is 0.462. The second kappa shape index (κ2) is 5.66. The van der Waals surface area contributed by atoms with Crippen LogP contribution in [0, 0.1) is 12.7 Å². The van der Waals surface area contributed by atoms with Gasteiger partial charge in [-0.1, -0.05) is 13.3 Å². The molecule has 1 aromatic rings. The summed E-state index contributed by atoms with van der Waals surface area (Å²) in [6.45, 7) is 5.53. The topological polar surface area (TPSA) is 55.1 Å². The summed E-state index contributed by atoms with van der Waals surface area (Å²) in [5.74, 6) is -0.903. The minimum atomic E-state index is -0.500. The summed E-state index contributed by atoms with van der Waals surface area (Å²) in [7, 11) is 0. The molecule has 0 fully saturated rings. The largest absolute Gasteiger partial charge is 0.399 e. The lowest BCUT2D eigenvalue weighted by molar-refractivity contribution is 0.0934. The van der Waals surface area contributed by atoms with Crippen molar-refractivity contribution < 1.29 is 9.18 Å². The van der Waals surface area contributed by atoms with Crippen molar-refractivity contribution >= 4 is 11.6 Å². The molecule has 0 aliphatic rings. The molecular weight excluding hydrogens is 219 g/mol. The highest BCUT2D eigenvalue weighted by Crippen LogP contribution is 2.17. The van der Waals surface area contributed by atoms with Crippen molar-refractivity contribution in [2.24, 2.45) is 0 Å². The molecule has 1 unspecified atom stereocenters. The summed E-state index contributed by atoms with van der Waals surface area (Å²) in [5.41, 5.74) is 6.42. The number of benzene rings is 1. The molecule has 17 heavy (non-hydrogen) atoms. The minimum Gasteiger partial charge on any atom is -0.399 e. The number of carbonyl (C=O) groups excluding carboxylic acids is 1. The van der Waals surface area contributed by atoms with Crippen LogP contribution < -0.4 is 11.1 Å². The van der Waals surface area contributed by atoms with Crippen molar-refractivity contribution in [1.29, 1.82) is 0 Å². The van der Waals surface area contributed by atoms with Crippen LogP contribution in [0.1, 0.15) is 42.6 Å². The molecule has 0 aliphatic carbocycles. The summed E-state index contributed by atoms with van der Waals surface area (Å²) in [6.07, 6.45) is 1.84. The third-order valence-electron chi connectivity index (χ3n) is 2.62. The minimum absolute atomic E-state index is 0.0189. The summed E-state index contributed by atoms with van der Waals surface area (Å²) in [6, 6.07) is 2.92. The van der Waals surface area contributed by atoms with Crippen molar-refractivity contribution in [3.8, 4) is 0 Å². The number of hydrogen-bond acceptors (Lipinski definition) is 2. The van der Waals surface area contributed by atoms with Crippen LogP contribution in [0.5, 0.6) is 0 Å². The molecule has 3 nitrogen and oxygen atoms in total. The fourth-order valence-corrected chi connectivity index (χ4v) is 1.77. The van der Waals surface area contributed by atoms with Gasteiger partial charge in [-0.05, 0) is 38.0 Å². The molecule has 94 valence electrons. The maximum Gasteiger partial charge on any atom is 0.254 e. The molecule has 0 aromatic heterocycles. The Morgan fingerprint density at radius 2 is 2.18 bits per heavy atom. The Bertz CT molecular complexity index is 418. The zero-order chi connectivity index (χ0) is 13.0. The van der Waals surface area contributed by atoms with Gasteiger partial charge < -0.3 is 11.1 Å². The van der Waals surface area contributed by atoms with E-state index >= 15 is 0 Å². The van der Waals surface area contributed by atoms with E-state index in [1.807, 2.05) is 13.8 Å². The van der Waals surface area contributed by atoms with Crippen molar-refractivity contribution in [2.45, 2.75) is 39.7 Å². The first-order chi connectivity index (χ1) is 7.95. The summed E-state index contributed by atoms with van der Waals surface area (Å²) in [5, 5.41) is 2.76. The quantitative estimate of drug-likeness (QED) is 0.792. The van der Waals surface area contributed by atoms with E-state index in [1.54, 1.807) is 6.92 Å². The number of rotatable bonds is 4. The molecule has 4 heteroatoms. The number of amides is 1. The first-order valence-electron chi connectivity index (χ1n) is 5.82. The number of nitrogens with one attached hydrogen (secondary N) is 1. The van der Waals surface area contributed by atoms with Crippen molar-refractivity contribution in [3.63, 3.8) is 0 Å². The van der Waals surface area contributed by atoms with E-state index in [4.69, 9.17) is 5.73 Å². The fourth-order valence-electron chi connectivity index (χ4n) is 1.77. The summed E-state index contributed by atoms with van der Waals surface area (Å²) in [4.78, 5) is 11.8. The lowest BCUT2D eigenvalue weighted by Crippen LogP contribution is -2.33. The van der Waals surface area contributed by atoms with Crippen molar-refractivity contribution in [1.82, 2.24) is 5.32 Å². The normalized spacial score (nSPS) is 12.2. The predicted molar refractivity (Wildman–Crippen MR) is 67.4 cm³/mol. The first kappa shape index (κ1) is 13.5. The molecule has 0 aliphatic heterocycles. The van der Waals surface area contributed by atoms with E-state index in [0.29, 0.717) is 11.3 Å². The van der Waals surface area contributed by atoms with Crippen LogP contribution in [0.3, 0.4) is 0 Å². The van der Waals surface area contributed by atoms with Crippen LogP contribution in [-0.2, 0) is 0 Å². The van der Waals surface area contributed by atoms with Crippen LogP contribution in [-0.4, -0.2) is 11.9 Å². The number of nitrogen functional groups attached to an aromatic ring is 1. The highest BCUT2D eigenvalue weighted by atomic mass is 19.1. The third kappa shape index (κ3) is 3.44. The van der Waals surface area contributed by atoms with Gasteiger partial charge in [0.05, 0.1) is 5.56 Å². The molecule has 1 amide bonds. The second-order valence-electron chi connectivity index (χ2n) is 4.36. The number of halogens is 1. The Morgan fingerprint density at radius 1 is 1.53 bits per heavy atom. The average Bonchev–Trinajstić information content (AvgIpc) is 2.23. The molecule has 3 N–H and O–H groups in total. The van der Waals surface area contributed by atoms with E-state index in [9.17, 15) is 9.18 Å². The first-order valence-corrected chi connectivity index (χ1v) is 5.82. The Hall–Kier alpha value is -1.58. The molecule has 0 saturated heterocycles. The molecule has 1 atom stereocenters. The summed E-state index contributed by atoms with van der Waals surface area (Å²) < 4.78 is 13.8. The highest BCUT2D eigenvalue weighted by molar-refractivity contribution is 5.95. The van der Waals surface area contributed by atoms with E-state index in [-0.39, 0.29) is 11.6 Å². The molecule has 0 spiro atoms. The number of nitrogens with two attached hydrogens (primary N) is 1. The van der Waals surface area contributed by atoms with Crippen molar-refractivity contribution in [2.75, 3.05) is 5.73 Å². The SMILES string of the molecule is CCCC(C)NC(=O)c1cc(N)cc(C)c1F. The third-order valence-corrected chi connectivity index (χ3v) is 2.62. The molecule has 1 aromatic carbocycles. The lowest BCUT2D eigenvalue weighted by atomic mass is 10.1. The lowest BCUT2D eigenvalue weighted by Gasteiger charge is -2.14. The van der Waals surface area contributed by atoms with Gasteiger partial charge in [-0.2, -0.15) is 0 Å². The number of anilines is 1. The van der Waals surface area contributed by atoms with E-state index in [2.05, 4.69) is 5.32 Å². The van der Waals surface area contributed by atoms with E-state index < -0.39 is 11.7 Å². The van der Waals surface area contributed by atoms with Gasteiger partial charge in [0.2, 0.25) is 0 Å². The Morgan fingerprint density at radius 3 is 2.76 bits per heavy atom. The van der Waals surface area contributed by atoms with Gasteiger partial charge in [-0.25, -0.2) is 4.39 Å². The molecule has 0 bridgehead atoms. The zero-order valence-corrected chi connectivity index (χ0v) is 10.5. The smallest absolute Gasteiger partial charge is 0.254 e. The van der Waals surface area contributed by atoms with Gasteiger partial charge in [-0.3, -0.25) is 4.79 Å². The van der Waals surface area contributed by atoms with Gasteiger partial charge in [0.25, 0.3) is 5.91 Å². The number of hydrogen-bond donors (Lipinski definition) is 2. The summed E-state index contributed by atoms with van der Waals surface area (Å²) >= 11 is 0. The van der Waals surface area contributed by atoms with E-state index in [0.717, 1.165) is 12.8 Å². The molecule has 1 rings (SSSR count). The zero-order valence-electron chi connectivity index (χ0n) is 10.5.